The smallest absolute Gasteiger partial charge is 0.324 e. The Balaban J connectivity index is 0.000000147. The summed E-state index contributed by atoms with van der Waals surface area (Å²) in [4.78, 5) is 115. The van der Waals surface area contributed by atoms with Crippen LogP contribution in [0.2, 0.25) is 0 Å². The van der Waals surface area contributed by atoms with Crippen LogP contribution in [0.3, 0.4) is 0 Å². The molecule has 0 bridgehead atoms. The number of amides is 6. The Morgan fingerprint density at radius 1 is 0.402 bits per heavy atom. The van der Waals surface area contributed by atoms with Gasteiger partial charge in [-0.3, -0.25) is 39.2 Å². The predicted molar refractivity (Wildman–Crippen MR) is 427 cm³/mol. The van der Waals surface area contributed by atoms with Crippen LogP contribution in [0.4, 0.5) is 62.2 Å². The molecule has 0 atom stereocenters. The summed E-state index contributed by atoms with van der Waals surface area (Å²) in [5.74, 6) is 15.9. The third-order valence-corrected chi connectivity index (χ3v) is 18.6. The molecule has 10 N–H and O–H groups in total. The lowest BCUT2D eigenvalue weighted by molar-refractivity contribution is -0.116. The number of urea groups is 1. The number of rotatable bonds is 18. The monoisotopic (exact) mass is 1520 g/mol. The second-order valence-corrected chi connectivity index (χ2v) is 26.8. The van der Waals surface area contributed by atoms with E-state index in [-0.39, 0.29) is 18.1 Å². The number of nitrogens with one attached hydrogen (secondary N) is 10. The molecule has 6 amide bonds. The minimum Gasteiger partial charge on any atom is -0.378 e. The molecule has 9 aromatic heterocycles. The predicted octanol–water partition coefficient (Wildman–Crippen LogP) is 9.22. The molecule has 566 valence electrons. The van der Waals surface area contributed by atoms with Gasteiger partial charge in [0.05, 0.1) is 104 Å². The van der Waals surface area contributed by atoms with Crippen molar-refractivity contribution in [2.75, 3.05) is 130 Å². The molecule has 15 rings (SSSR count). The zero-order chi connectivity index (χ0) is 77.8. The molecule has 12 aromatic rings. The Bertz CT molecular complexity index is 5470. The van der Waals surface area contributed by atoms with Gasteiger partial charge in [0.25, 0.3) is 17.7 Å². The highest BCUT2D eigenvalue weighted by Gasteiger charge is 2.23. The molecule has 3 aliphatic rings. The fourth-order valence-electron chi connectivity index (χ4n) is 12.1. The average molecular weight is 1520 g/mol. The van der Waals surface area contributed by atoms with Crippen molar-refractivity contribution in [1.29, 1.82) is 0 Å². The lowest BCUT2D eigenvalue weighted by Gasteiger charge is -2.27. The number of H-pyrrole nitrogens is 3. The van der Waals surface area contributed by atoms with Crippen molar-refractivity contribution in [3.63, 3.8) is 0 Å². The molecule has 3 aliphatic heterocycles. The molecule has 3 aromatic carbocycles. The zero-order valence-electron chi connectivity index (χ0n) is 60.8. The Hall–Kier alpha value is -14.2. The molecule has 0 spiro atoms. The fourth-order valence-corrected chi connectivity index (χ4v) is 13.3. The number of fused-ring (bicyclic) bond motifs is 3. The molecule has 32 nitrogen and oxygen atoms in total. The van der Waals surface area contributed by atoms with Crippen molar-refractivity contribution < 1.29 is 46.6 Å². The number of nitrogens with zero attached hydrogens (tertiary/aromatic N) is 12. The van der Waals surface area contributed by atoms with E-state index in [0.717, 1.165) is 124 Å². The Morgan fingerprint density at radius 2 is 0.759 bits per heavy atom. The van der Waals surface area contributed by atoms with Gasteiger partial charge in [0.1, 0.15) is 64.9 Å². The van der Waals surface area contributed by atoms with Gasteiger partial charge in [0, 0.05) is 79.1 Å². The van der Waals surface area contributed by atoms with Crippen molar-refractivity contribution in [2.24, 2.45) is 0 Å². The number of benzene rings is 3. The second-order valence-electron chi connectivity index (χ2n) is 25.1. The van der Waals surface area contributed by atoms with Crippen LogP contribution in [0.1, 0.15) is 32.2 Å². The highest BCUT2D eigenvalue weighted by molar-refractivity contribution is 7.91. The minimum absolute atomic E-state index is 0.107. The number of morpholine rings is 3. The van der Waals surface area contributed by atoms with Crippen LogP contribution >= 0.6 is 0 Å². The van der Waals surface area contributed by atoms with Gasteiger partial charge in [0.15, 0.2) is 0 Å². The Kier molecular flexibility index (Phi) is 24.5. The van der Waals surface area contributed by atoms with Crippen LogP contribution in [0.25, 0.3) is 66.9 Å². The minimum atomic E-state index is -3.71. The molecule has 0 aliphatic carbocycles. The van der Waals surface area contributed by atoms with E-state index in [1.807, 2.05) is 72.8 Å². The van der Waals surface area contributed by atoms with Crippen molar-refractivity contribution >= 4 is 130 Å². The van der Waals surface area contributed by atoms with Gasteiger partial charge in [0.2, 0.25) is 15.9 Å². The van der Waals surface area contributed by atoms with E-state index in [9.17, 15) is 32.4 Å². The number of aromatic amines is 3. The van der Waals surface area contributed by atoms with Gasteiger partial charge in [-0.15, -0.1) is 0 Å². The fraction of sp³-hybridized carbons (Fsp3) is 0.215. The summed E-state index contributed by atoms with van der Waals surface area (Å²) in [6, 6.07) is 37.5. The van der Waals surface area contributed by atoms with E-state index in [4.69, 9.17) is 14.2 Å². The molecule has 112 heavy (non-hydrogen) atoms. The number of anilines is 10. The standard InChI is InChI=1S/C27H25N7O3.C26H24N8O3.C26H25N7O4S/c1-2-3-24(35)32-21-9-8-20(28-16-21)14-25(36)31-19-6-4-18(5-7-19)23-15-22-26(33-23)29-17-30-27(22)34-10-12-37-13-11-34;1-2-3-23(35)30-19-8-9-22(27-15-19)33-26(36)31-18-6-4-17(5-7-18)21-14-20-24(32-21)28-16-29-25(20)34-10-12-37-13-11-34;1-2-3-24(34)30-20-8-9-21(27-15-20)16-38(35,36)32-19-6-4-18(5-7-19)23-14-22-25(31-23)28-17-29-26(22)33-10-12-37-13-11-33/h4-9,15-17H,10-14H2,1H3,(H,31,36)(H,32,35)(H,29,30,33);4-9,14-16H,10-13H2,1H3,(H,30,35)(H,28,29,32)(H2,27,31,33,36);4-9,14-15,17,32H,10-13,16H2,1H3,(H,30,34)(H,28,29,31). The molecular formula is C79H74N22O10S. The average Bonchev–Trinajstić information content (AvgIpc) is 1.66. The summed E-state index contributed by atoms with van der Waals surface area (Å²) in [6.45, 7) is 13.5. The van der Waals surface area contributed by atoms with E-state index < -0.39 is 33.8 Å². The van der Waals surface area contributed by atoms with Crippen LogP contribution in [0.15, 0.2) is 165 Å². The third-order valence-electron chi connectivity index (χ3n) is 17.4. The van der Waals surface area contributed by atoms with Gasteiger partial charge >= 0.3 is 6.03 Å². The number of pyridine rings is 3. The van der Waals surface area contributed by atoms with Crippen LogP contribution in [0.5, 0.6) is 0 Å². The normalized spacial score (nSPS) is 13.2. The van der Waals surface area contributed by atoms with Gasteiger partial charge in [-0.25, -0.2) is 48.1 Å². The van der Waals surface area contributed by atoms with Crippen molar-refractivity contribution in [3.05, 3.63) is 176 Å². The van der Waals surface area contributed by atoms with E-state index in [2.05, 4.69) is 153 Å². The first-order chi connectivity index (χ1) is 54.6. The molecule has 12 heterocycles. The summed E-state index contributed by atoms with van der Waals surface area (Å²) in [6.07, 6.45) is 9.13. The topological polar surface area (TPSA) is 404 Å². The number of aromatic nitrogens is 12. The molecular weight excluding hydrogens is 1450 g/mol. The van der Waals surface area contributed by atoms with Gasteiger partial charge < -0.3 is 70.4 Å². The van der Waals surface area contributed by atoms with Crippen molar-refractivity contribution in [2.45, 2.75) is 32.9 Å². The van der Waals surface area contributed by atoms with Gasteiger partial charge in [-0.05, 0) is 146 Å². The van der Waals surface area contributed by atoms with Crippen LogP contribution in [-0.2, 0) is 55.6 Å². The third kappa shape index (κ3) is 20.1. The molecule has 0 radical (unpaired) electrons. The SMILES string of the molecule is CC#CC(=O)Nc1ccc(CC(=O)Nc2ccc(-c3cc4c(N5CCOCC5)ncnc4[nH]3)cc2)nc1.CC#CC(=O)Nc1ccc(CS(=O)(=O)Nc2ccc(-c3cc4c(N5CCOCC5)ncnc4[nH]3)cc2)nc1.CC#CC(=O)Nc1ccc(NC(=O)Nc2ccc(-c3cc4c(N5CCOCC5)ncnc4[nH]3)cc2)nc1. The van der Waals surface area contributed by atoms with E-state index in [1.165, 1.54) is 18.6 Å². The van der Waals surface area contributed by atoms with E-state index >= 15 is 0 Å². The second kappa shape index (κ2) is 36.2. The van der Waals surface area contributed by atoms with Crippen LogP contribution < -0.4 is 51.3 Å². The van der Waals surface area contributed by atoms with Crippen molar-refractivity contribution in [1.82, 2.24) is 59.8 Å². The highest BCUT2D eigenvalue weighted by atomic mass is 32.2. The van der Waals surface area contributed by atoms with E-state index in [0.29, 0.717) is 91.0 Å². The summed E-state index contributed by atoms with van der Waals surface area (Å²) < 4.78 is 44.4. The lowest BCUT2D eigenvalue weighted by atomic mass is 10.1. The molecule has 33 heteroatoms. The van der Waals surface area contributed by atoms with Gasteiger partial charge in [-0.1, -0.05) is 54.2 Å². The summed E-state index contributed by atoms with van der Waals surface area (Å²) in [5.41, 5.74) is 11.8. The maximum atomic E-state index is 12.7. The number of hydrogen-bond donors (Lipinski definition) is 10. The summed E-state index contributed by atoms with van der Waals surface area (Å²) in [5, 5.41) is 18.9. The summed E-state index contributed by atoms with van der Waals surface area (Å²) >= 11 is 0. The number of ether oxygens (including phenoxy) is 3. The van der Waals surface area contributed by atoms with Gasteiger partial charge in [-0.2, -0.15) is 0 Å². The van der Waals surface area contributed by atoms with Crippen molar-refractivity contribution in [3.8, 4) is 69.3 Å². The zero-order valence-corrected chi connectivity index (χ0v) is 61.7. The first-order valence-corrected chi connectivity index (χ1v) is 37.0. The quantitative estimate of drug-likeness (QED) is 0.0358. The van der Waals surface area contributed by atoms with E-state index in [1.54, 1.807) is 88.3 Å². The number of carbonyl (C=O) groups is 5. The highest BCUT2D eigenvalue weighted by Crippen LogP contribution is 2.34. The number of hydrogen-bond acceptors (Lipinski definition) is 22. The molecule has 3 saturated heterocycles. The van der Waals surface area contributed by atoms with Crippen LogP contribution in [-0.4, -0.2) is 177 Å². The largest absolute Gasteiger partial charge is 0.378 e. The maximum absolute atomic E-state index is 12.7. The molecule has 0 unspecified atom stereocenters. The molecule has 3 fully saturated rings. The molecule has 0 saturated carbocycles. The van der Waals surface area contributed by atoms with Crippen LogP contribution in [0, 0.1) is 35.5 Å². The maximum Gasteiger partial charge on any atom is 0.324 e. The number of carbonyl (C=O) groups excluding carboxylic acids is 5. The number of sulfonamides is 1. The first kappa shape index (κ1) is 76.0. The Morgan fingerprint density at radius 3 is 1.12 bits per heavy atom. The first-order valence-electron chi connectivity index (χ1n) is 35.3. The summed E-state index contributed by atoms with van der Waals surface area (Å²) in [7, 11) is -3.71. The lowest BCUT2D eigenvalue weighted by Crippen LogP contribution is -2.36. The Labute approximate surface area is 642 Å².